The zero-order chi connectivity index (χ0) is 27.8. The number of nitrogens with zero attached hydrogens (tertiary/aromatic N) is 2. The maximum absolute atomic E-state index is 14.5. The van der Waals surface area contributed by atoms with Crippen molar-refractivity contribution in [3.63, 3.8) is 0 Å². The van der Waals surface area contributed by atoms with E-state index in [4.69, 9.17) is 16.3 Å². The van der Waals surface area contributed by atoms with Crippen LogP contribution in [-0.4, -0.2) is 52.0 Å². The lowest BCUT2D eigenvalue weighted by Crippen LogP contribution is -2.54. The van der Waals surface area contributed by atoms with Gasteiger partial charge in [0, 0.05) is 24.7 Å². The third kappa shape index (κ3) is 4.72. The van der Waals surface area contributed by atoms with Crippen molar-refractivity contribution < 1.29 is 32.2 Å². The number of fused-ring (bicyclic) bond motifs is 1. The van der Waals surface area contributed by atoms with Crippen LogP contribution in [0.2, 0.25) is 5.02 Å². The number of aliphatic hydroxyl groups is 1. The SMILES string of the molecule is COc1ccc(C(CO)(CNC(=O)c2ccc3[nH]c(=O)n(C)c3c2)C(F)(F)F)nc1-c1ccc(F)c(Cl)c1. The number of hydrogen-bond donors (Lipinski definition) is 3. The number of hydrogen-bond acceptors (Lipinski definition) is 5. The zero-order valence-corrected chi connectivity index (χ0v) is 20.7. The van der Waals surface area contributed by atoms with E-state index < -0.39 is 47.9 Å². The predicted molar refractivity (Wildman–Crippen MR) is 132 cm³/mol. The number of nitrogens with one attached hydrogen (secondary N) is 2. The number of pyridine rings is 1. The first kappa shape index (κ1) is 27.1. The lowest BCUT2D eigenvalue weighted by molar-refractivity contribution is -0.200. The number of carbonyl (C=O) groups is 1. The molecule has 1 amide bonds. The van der Waals surface area contributed by atoms with Gasteiger partial charge in [-0.2, -0.15) is 13.2 Å². The molecule has 0 aliphatic carbocycles. The first-order valence-electron chi connectivity index (χ1n) is 11.1. The third-order valence-electron chi connectivity index (χ3n) is 6.29. The van der Waals surface area contributed by atoms with Gasteiger partial charge >= 0.3 is 11.9 Å². The number of aromatic nitrogens is 3. The van der Waals surface area contributed by atoms with Gasteiger partial charge in [-0.25, -0.2) is 14.2 Å². The fraction of sp³-hybridized carbons (Fsp3) is 0.240. The number of halogens is 5. The summed E-state index contributed by atoms with van der Waals surface area (Å²) < 4.78 is 63.7. The fourth-order valence-corrected chi connectivity index (χ4v) is 4.17. The largest absolute Gasteiger partial charge is 0.494 e. The van der Waals surface area contributed by atoms with Crippen molar-refractivity contribution in [3.8, 4) is 17.0 Å². The van der Waals surface area contributed by atoms with Crippen LogP contribution in [-0.2, 0) is 12.5 Å². The van der Waals surface area contributed by atoms with Crippen LogP contribution in [0.3, 0.4) is 0 Å². The van der Waals surface area contributed by atoms with E-state index >= 15 is 0 Å². The topological polar surface area (TPSA) is 109 Å². The summed E-state index contributed by atoms with van der Waals surface area (Å²) in [5, 5.41) is 12.0. The molecule has 0 fully saturated rings. The van der Waals surface area contributed by atoms with Gasteiger partial charge in [0.2, 0.25) is 0 Å². The maximum atomic E-state index is 14.5. The minimum absolute atomic E-state index is 0.00504. The molecule has 2 heterocycles. The number of carbonyl (C=O) groups excluding carboxylic acids is 1. The number of H-pyrrole nitrogens is 1. The van der Waals surface area contributed by atoms with Crippen molar-refractivity contribution >= 4 is 28.5 Å². The number of rotatable bonds is 7. The van der Waals surface area contributed by atoms with Crippen molar-refractivity contribution in [2.24, 2.45) is 7.05 Å². The standard InChI is InChI=1S/C25H21ClF4N4O4/c1-34-18-10-14(4-6-17(18)32-23(34)37)22(36)31-11-24(12-35,25(28,29)30)20-8-7-19(38-2)21(33-20)13-3-5-16(27)15(26)9-13/h3-10,35H,11-12H2,1-2H3,(H,31,36)(H,32,37). The number of methoxy groups -OCH3 is 1. The van der Waals surface area contributed by atoms with E-state index in [0.29, 0.717) is 11.0 Å². The van der Waals surface area contributed by atoms with Crippen LogP contribution in [0.5, 0.6) is 5.75 Å². The predicted octanol–water partition coefficient (Wildman–Crippen LogP) is 3.95. The molecular formula is C25H21ClF4N4O4. The number of ether oxygens (including phenoxy) is 1. The number of benzene rings is 2. The van der Waals surface area contributed by atoms with Gasteiger partial charge in [0.25, 0.3) is 5.91 Å². The second-order valence-electron chi connectivity index (χ2n) is 8.52. The van der Waals surface area contributed by atoms with Gasteiger partial charge in [-0.15, -0.1) is 0 Å². The van der Waals surface area contributed by atoms with Gasteiger partial charge in [0.15, 0.2) is 0 Å². The summed E-state index contributed by atoms with van der Waals surface area (Å²) in [5.74, 6) is -1.51. The first-order valence-corrected chi connectivity index (χ1v) is 11.4. The van der Waals surface area contributed by atoms with Crippen LogP contribution in [0.15, 0.2) is 53.3 Å². The molecule has 2 aromatic carbocycles. The minimum Gasteiger partial charge on any atom is -0.494 e. The van der Waals surface area contributed by atoms with E-state index in [0.717, 1.165) is 12.1 Å². The number of aromatic amines is 1. The molecule has 8 nitrogen and oxygen atoms in total. The zero-order valence-electron chi connectivity index (χ0n) is 20.0. The minimum atomic E-state index is -5.05. The lowest BCUT2D eigenvalue weighted by Gasteiger charge is -2.34. The second-order valence-corrected chi connectivity index (χ2v) is 8.93. The summed E-state index contributed by atoms with van der Waals surface area (Å²) in [4.78, 5) is 31.3. The van der Waals surface area contributed by atoms with Gasteiger partial charge in [0.1, 0.15) is 22.7 Å². The highest BCUT2D eigenvalue weighted by atomic mass is 35.5. The number of alkyl halides is 3. The molecule has 4 rings (SSSR count). The maximum Gasteiger partial charge on any atom is 0.403 e. The second kappa shape index (κ2) is 10.1. The Balaban J connectivity index is 1.73. The summed E-state index contributed by atoms with van der Waals surface area (Å²) in [6.07, 6.45) is -5.05. The molecule has 1 unspecified atom stereocenters. The van der Waals surface area contributed by atoms with E-state index in [2.05, 4.69) is 15.3 Å². The summed E-state index contributed by atoms with van der Waals surface area (Å²) in [7, 11) is 2.76. The molecule has 200 valence electrons. The normalized spacial score (nSPS) is 13.4. The molecule has 0 radical (unpaired) electrons. The Morgan fingerprint density at radius 1 is 1.18 bits per heavy atom. The average molecular weight is 553 g/mol. The van der Waals surface area contributed by atoms with Gasteiger partial charge in [0.05, 0.1) is 35.5 Å². The van der Waals surface area contributed by atoms with Crippen LogP contribution in [0.1, 0.15) is 16.1 Å². The summed E-state index contributed by atoms with van der Waals surface area (Å²) in [5.41, 5.74) is -3.08. The molecule has 0 aliphatic heterocycles. The van der Waals surface area contributed by atoms with Crippen molar-refractivity contribution in [1.82, 2.24) is 19.9 Å². The molecule has 0 spiro atoms. The molecule has 0 saturated heterocycles. The van der Waals surface area contributed by atoms with E-state index in [1.807, 2.05) is 0 Å². The number of aliphatic hydroxyl groups excluding tert-OH is 1. The van der Waals surface area contributed by atoms with Gasteiger partial charge in [-0.05, 0) is 48.5 Å². The van der Waals surface area contributed by atoms with Crippen molar-refractivity contribution in [2.45, 2.75) is 11.6 Å². The molecule has 0 saturated carbocycles. The Kier molecular flexibility index (Phi) is 7.22. The lowest BCUT2D eigenvalue weighted by atomic mass is 9.83. The van der Waals surface area contributed by atoms with Gasteiger partial charge in [-0.3, -0.25) is 9.36 Å². The Morgan fingerprint density at radius 3 is 2.55 bits per heavy atom. The van der Waals surface area contributed by atoms with E-state index in [1.165, 1.54) is 55.1 Å². The van der Waals surface area contributed by atoms with E-state index in [-0.39, 0.29) is 27.6 Å². The molecule has 38 heavy (non-hydrogen) atoms. The van der Waals surface area contributed by atoms with Crippen molar-refractivity contribution in [2.75, 3.05) is 20.3 Å². The molecule has 1 atom stereocenters. The van der Waals surface area contributed by atoms with E-state index in [9.17, 15) is 32.3 Å². The highest BCUT2D eigenvalue weighted by molar-refractivity contribution is 6.31. The average Bonchev–Trinajstić information content (AvgIpc) is 3.17. The Hall–Kier alpha value is -3.90. The van der Waals surface area contributed by atoms with Crippen LogP contribution in [0.4, 0.5) is 17.6 Å². The van der Waals surface area contributed by atoms with Crippen molar-refractivity contribution in [3.05, 3.63) is 81.1 Å². The summed E-state index contributed by atoms with van der Waals surface area (Å²) in [6, 6.07) is 9.93. The summed E-state index contributed by atoms with van der Waals surface area (Å²) in [6.45, 7) is -2.50. The Morgan fingerprint density at radius 2 is 1.92 bits per heavy atom. The number of amides is 1. The molecule has 2 aromatic heterocycles. The van der Waals surface area contributed by atoms with Crippen LogP contribution in [0.25, 0.3) is 22.3 Å². The molecule has 4 aromatic rings. The monoisotopic (exact) mass is 552 g/mol. The third-order valence-corrected chi connectivity index (χ3v) is 6.58. The molecule has 3 N–H and O–H groups in total. The van der Waals surface area contributed by atoms with Crippen molar-refractivity contribution in [1.29, 1.82) is 0 Å². The highest BCUT2D eigenvalue weighted by Gasteiger charge is 2.57. The first-order chi connectivity index (χ1) is 17.9. The fourth-order valence-electron chi connectivity index (χ4n) is 3.99. The number of aryl methyl sites for hydroxylation is 1. The quantitative estimate of drug-likeness (QED) is 0.301. The molecule has 0 aliphatic rings. The van der Waals surface area contributed by atoms with Gasteiger partial charge in [-0.1, -0.05) is 11.6 Å². The van der Waals surface area contributed by atoms with Crippen LogP contribution in [0, 0.1) is 5.82 Å². The molecule has 0 bridgehead atoms. The highest BCUT2D eigenvalue weighted by Crippen LogP contribution is 2.42. The van der Waals surface area contributed by atoms with Crippen LogP contribution >= 0.6 is 11.6 Å². The van der Waals surface area contributed by atoms with Gasteiger partial charge < -0.3 is 20.1 Å². The molecule has 13 heteroatoms. The van der Waals surface area contributed by atoms with E-state index in [1.54, 1.807) is 0 Å². The smallest absolute Gasteiger partial charge is 0.403 e. The molecular weight excluding hydrogens is 532 g/mol. The summed E-state index contributed by atoms with van der Waals surface area (Å²) >= 11 is 5.85. The Bertz CT molecular complexity index is 1580. The Labute approximate surface area is 217 Å². The van der Waals surface area contributed by atoms with Crippen LogP contribution < -0.4 is 15.7 Å². The number of imidazole rings is 1.